The summed E-state index contributed by atoms with van der Waals surface area (Å²) >= 11 is 0. The van der Waals surface area contributed by atoms with Gasteiger partial charge in [-0.2, -0.15) is 5.10 Å². The lowest BCUT2D eigenvalue weighted by atomic mass is 9.83. The zero-order valence-electron chi connectivity index (χ0n) is 17.7. The summed E-state index contributed by atoms with van der Waals surface area (Å²) in [6, 6.07) is 14.5. The summed E-state index contributed by atoms with van der Waals surface area (Å²) in [6.07, 6.45) is 5.29. The standard InChI is InChI=1S/C24H29N5O/c1-26(2)16-20-8-9-23-21-10-18(14-28(23)24(20)30)12-27(17-21)13-19-11-25-29(15-19)22-6-4-3-5-7-22/h3-9,11,15,18,21H,10,12-14,16-17H2,1-2H3/t18-,21+/m0/s1. The number of piperidine rings is 1. The van der Waals surface area contributed by atoms with Gasteiger partial charge < -0.3 is 9.47 Å². The van der Waals surface area contributed by atoms with Crippen molar-refractivity contribution in [2.45, 2.75) is 32.0 Å². The van der Waals surface area contributed by atoms with Crippen LogP contribution in [0.5, 0.6) is 0 Å². The Morgan fingerprint density at radius 3 is 2.70 bits per heavy atom. The van der Waals surface area contributed by atoms with Gasteiger partial charge in [0.2, 0.25) is 0 Å². The van der Waals surface area contributed by atoms with E-state index in [9.17, 15) is 4.79 Å². The van der Waals surface area contributed by atoms with Crippen molar-refractivity contribution in [2.24, 2.45) is 5.92 Å². The van der Waals surface area contributed by atoms with Gasteiger partial charge in [-0.05, 0) is 44.6 Å². The molecule has 156 valence electrons. The molecule has 0 radical (unpaired) electrons. The van der Waals surface area contributed by atoms with Gasteiger partial charge in [0.1, 0.15) is 0 Å². The van der Waals surface area contributed by atoms with Gasteiger partial charge in [0.25, 0.3) is 5.56 Å². The van der Waals surface area contributed by atoms with Crippen molar-refractivity contribution in [1.29, 1.82) is 0 Å². The first-order valence-corrected chi connectivity index (χ1v) is 10.8. The quantitative estimate of drug-likeness (QED) is 0.657. The number of hydrogen-bond acceptors (Lipinski definition) is 4. The minimum absolute atomic E-state index is 0.202. The number of aromatic nitrogens is 3. The molecular formula is C24H29N5O. The molecular weight excluding hydrogens is 374 g/mol. The SMILES string of the molecule is CN(C)Cc1ccc2n(c1=O)C[C@H]1C[C@@H]2CN(Cc2cnn(-c3ccccc3)c2)C1. The summed E-state index contributed by atoms with van der Waals surface area (Å²) in [6.45, 7) is 4.48. The summed E-state index contributed by atoms with van der Waals surface area (Å²) in [5.74, 6) is 0.968. The molecule has 6 heteroatoms. The van der Waals surface area contributed by atoms with E-state index in [2.05, 4.69) is 43.9 Å². The van der Waals surface area contributed by atoms with Gasteiger partial charge in [0.05, 0.1) is 11.9 Å². The molecule has 2 aliphatic heterocycles. The monoisotopic (exact) mass is 403 g/mol. The molecule has 0 N–H and O–H groups in total. The number of nitrogens with zero attached hydrogens (tertiary/aromatic N) is 5. The molecule has 2 bridgehead atoms. The fourth-order valence-electron chi connectivity index (χ4n) is 5.10. The van der Waals surface area contributed by atoms with Gasteiger partial charge in [-0.15, -0.1) is 0 Å². The average Bonchev–Trinajstić information content (AvgIpc) is 3.19. The number of fused-ring (bicyclic) bond motifs is 4. The van der Waals surface area contributed by atoms with Crippen LogP contribution in [0.2, 0.25) is 0 Å². The van der Waals surface area contributed by atoms with Crippen LogP contribution in [0.25, 0.3) is 5.69 Å². The molecule has 0 amide bonds. The van der Waals surface area contributed by atoms with Crippen molar-refractivity contribution in [3.63, 3.8) is 0 Å². The third kappa shape index (κ3) is 3.73. The van der Waals surface area contributed by atoms with E-state index in [0.717, 1.165) is 37.4 Å². The van der Waals surface area contributed by atoms with Crippen LogP contribution in [0.15, 0.2) is 59.7 Å². The summed E-state index contributed by atoms with van der Waals surface area (Å²) in [7, 11) is 4.02. The maximum absolute atomic E-state index is 13.0. The minimum Gasteiger partial charge on any atom is -0.312 e. The lowest BCUT2D eigenvalue weighted by Crippen LogP contribution is -2.47. The molecule has 2 aromatic heterocycles. The molecule has 1 saturated heterocycles. The fraction of sp³-hybridized carbons (Fsp3) is 0.417. The number of benzene rings is 1. The van der Waals surface area contributed by atoms with Crippen LogP contribution in [-0.4, -0.2) is 51.3 Å². The Labute approximate surface area is 177 Å². The van der Waals surface area contributed by atoms with Crippen LogP contribution in [-0.2, 0) is 19.6 Å². The largest absolute Gasteiger partial charge is 0.312 e. The van der Waals surface area contributed by atoms with Crippen LogP contribution < -0.4 is 5.56 Å². The number of pyridine rings is 1. The van der Waals surface area contributed by atoms with Crippen LogP contribution in [0.1, 0.15) is 29.2 Å². The topological polar surface area (TPSA) is 46.3 Å². The Bertz CT molecular complexity index is 1080. The van der Waals surface area contributed by atoms with E-state index >= 15 is 0 Å². The van der Waals surface area contributed by atoms with Crippen LogP contribution in [0.4, 0.5) is 0 Å². The highest BCUT2D eigenvalue weighted by Gasteiger charge is 2.35. The average molecular weight is 404 g/mol. The molecule has 2 aliphatic rings. The predicted molar refractivity (Wildman–Crippen MR) is 118 cm³/mol. The van der Waals surface area contributed by atoms with Crippen LogP contribution in [0, 0.1) is 5.92 Å². The third-order valence-electron chi connectivity index (χ3n) is 6.31. The molecule has 0 aliphatic carbocycles. The lowest BCUT2D eigenvalue weighted by molar-refractivity contribution is 0.114. The maximum Gasteiger partial charge on any atom is 0.255 e. The van der Waals surface area contributed by atoms with Crippen molar-refractivity contribution < 1.29 is 0 Å². The third-order valence-corrected chi connectivity index (χ3v) is 6.31. The first kappa shape index (κ1) is 19.3. The first-order valence-electron chi connectivity index (χ1n) is 10.8. The normalized spacial score (nSPS) is 21.0. The van der Waals surface area contributed by atoms with E-state index in [0.29, 0.717) is 18.4 Å². The molecule has 5 rings (SSSR count). The van der Waals surface area contributed by atoms with Gasteiger partial charge in [0.15, 0.2) is 0 Å². The van der Waals surface area contributed by atoms with Crippen molar-refractivity contribution in [3.8, 4) is 5.69 Å². The smallest absolute Gasteiger partial charge is 0.255 e. The van der Waals surface area contributed by atoms with E-state index in [1.165, 1.54) is 17.7 Å². The van der Waals surface area contributed by atoms with Crippen LogP contribution >= 0.6 is 0 Å². The van der Waals surface area contributed by atoms with Gasteiger partial charge in [-0.25, -0.2) is 4.68 Å². The highest BCUT2D eigenvalue weighted by atomic mass is 16.1. The van der Waals surface area contributed by atoms with Gasteiger partial charge in [0, 0.05) is 61.7 Å². The second-order valence-electron chi connectivity index (χ2n) is 9.06. The van der Waals surface area contributed by atoms with Crippen molar-refractivity contribution in [2.75, 3.05) is 27.2 Å². The second-order valence-corrected chi connectivity index (χ2v) is 9.06. The lowest BCUT2D eigenvalue weighted by Gasteiger charge is -2.43. The number of hydrogen-bond donors (Lipinski definition) is 0. The predicted octanol–water partition coefficient (Wildman–Crippen LogP) is 2.71. The molecule has 6 nitrogen and oxygen atoms in total. The Hall–Kier alpha value is -2.70. The van der Waals surface area contributed by atoms with E-state index < -0.39 is 0 Å². The fourth-order valence-corrected chi connectivity index (χ4v) is 5.10. The zero-order valence-corrected chi connectivity index (χ0v) is 17.7. The maximum atomic E-state index is 13.0. The molecule has 1 fully saturated rings. The van der Waals surface area contributed by atoms with E-state index in [-0.39, 0.29) is 5.56 Å². The Morgan fingerprint density at radius 1 is 1.07 bits per heavy atom. The van der Waals surface area contributed by atoms with Crippen molar-refractivity contribution >= 4 is 0 Å². The molecule has 30 heavy (non-hydrogen) atoms. The van der Waals surface area contributed by atoms with E-state index in [4.69, 9.17) is 0 Å². The molecule has 4 heterocycles. The summed E-state index contributed by atoms with van der Waals surface area (Å²) < 4.78 is 4.00. The minimum atomic E-state index is 0.202. The molecule has 2 atom stereocenters. The first-order chi connectivity index (χ1) is 14.6. The Balaban J connectivity index is 1.33. The van der Waals surface area contributed by atoms with Gasteiger partial charge in [-0.3, -0.25) is 9.69 Å². The molecule has 3 aromatic rings. The van der Waals surface area contributed by atoms with Gasteiger partial charge >= 0.3 is 0 Å². The van der Waals surface area contributed by atoms with E-state index in [1.54, 1.807) is 0 Å². The summed E-state index contributed by atoms with van der Waals surface area (Å²) in [5, 5.41) is 4.55. The van der Waals surface area contributed by atoms with Crippen LogP contribution in [0.3, 0.4) is 0 Å². The molecule has 1 aromatic carbocycles. The summed E-state index contributed by atoms with van der Waals surface area (Å²) in [5.41, 5.74) is 4.63. The number of rotatable bonds is 5. The second kappa shape index (κ2) is 7.85. The highest BCUT2D eigenvalue weighted by Crippen LogP contribution is 2.35. The van der Waals surface area contributed by atoms with Crippen molar-refractivity contribution in [1.82, 2.24) is 24.1 Å². The van der Waals surface area contributed by atoms with Crippen molar-refractivity contribution in [3.05, 3.63) is 82.0 Å². The van der Waals surface area contributed by atoms with E-state index in [1.807, 2.05) is 49.2 Å². The molecule has 0 unspecified atom stereocenters. The number of likely N-dealkylation sites (tertiary alicyclic amines) is 1. The molecule has 0 saturated carbocycles. The Kier molecular flexibility index (Phi) is 5.05. The van der Waals surface area contributed by atoms with Gasteiger partial charge in [-0.1, -0.05) is 24.3 Å². The number of para-hydroxylation sites is 1. The summed E-state index contributed by atoms with van der Waals surface area (Å²) in [4.78, 5) is 17.6. The molecule has 0 spiro atoms. The zero-order chi connectivity index (χ0) is 20.7. The highest BCUT2D eigenvalue weighted by molar-refractivity contribution is 5.31. The Morgan fingerprint density at radius 2 is 1.90 bits per heavy atom.